The van der Waals surface area contributed by atoms with E-state index in [1.807, 2.05) is 30.3 Å². The maximum atomic E-state index is 5.43. The third-order valence-corrected chi connectivity index (χ3v) is 3.90. The highest BCUT2D eigenvalue weighted by Gasteiger charge is 2.12. The number of nitrogens with one attached hydrogen (secondary N) is 1. The maximum Gasteiger partial charge on any atom is 0.123 e. The van der Waals surface area contributed by atoms with Crippen molar-refractivity contribution in [3.63, 3.8) is 0 Å². The van der Waals surface area contributed by atoms with Crippen LogP contribution in [0.4, 0.5) is 0 Å². The molecular formula is C17H20BrNO2. The lowest BCUT2D eigenvalue weighted by Crippen LogP contribution is -2.18. The van der Waals surface area contributed by atoms with Crippen LogP contribution in [0, 0.1) is 0 Å². The molecule has 4 heteroatoms. The van der Waals surface area contributed by atoms with Gasteiger partial charge in [0, 0.05) is 22.6 Å². The van der Waals surface area contributed by atoms with Gasteiger partial charge in [0.1, 0.15) is 11.5 Å². The molecule has 1 N–H and O–H groups in total. The first kappa shape index (κ1) is 15.9. The standard InChI is InChI=1S/C17H20BrNO2/c1-12(19-11-13-5-4-6-14(18)9-13)16-10-15(20-2)7-8-17(16)21-3/h4-10,12,19H,11H2,1-3H3. The lowest BCUT2D eigenvalue weighted by molar-refractivity contribution is 0.391. The van der Waals surface area contributed by atoms with E-state index in [4.69, 9.17) is 9.47 Å². The molecule has 0 saturated carbocycles. The average Bonchev–Trinajstić information content (AvgIpc) is 2.52. The number of rotatable bonds is 6. The van der Waals surface area contributed by atoms with Crippen molar-refractivity contribution in [1.82, 2.24) is 5.32 Å². The van der Waals surface area contributed by atoms with Crippen molar-refractivity contribution in [2.24, 2.45) is 0 Å². The van der Waals surface area contributed by atoms with Gasteiger partial charge in [0.15, 0.2) is 0 Å². The molecule has 1 unspecified atom stereocenters. The fraction of sp³-hybridized carbons (Fsp3) is 0.294. The van der Waals surface area contributed by atoms with Crippen LogP contribution in [-0.4, -0.2) is 14.2 Å². The Morgan fingerprint density at radius 3 is 2.57 bits per heavy atom. The van der Waals surface area contributed by atoms with Gasteiger partial charge in [0.2, 0.25) is 0 Å². The van der Waals surface area contributed by atoms with E-state index in [0.29, 0.717) is 0 Å². The summed E-state index contributed by atoms with van der Waals surface area (Å²) in [6, 6.07) is 14.3. The van der Waals surface area contributed by atoms with Crippen LogP contribution in [0.15, 0.2) is 46.9 Å². The van der Waals surface area contributed by atoms with E-state index in [2.05, 4.69) is 40.3 Å². The fourth-order valence-electron chi connectivity index (χ4n) is 2.21. The van der Waals surface area contributed by atoms with E-state index in [1.54, 1.807) is 14.2 Å². The molecule has 0 aliphatic heterocycles. The van der Waals surface area contributed by atoms with Crippen molar-refractivity contribution in [2.75, 3.05) is 14.2 Å². The minimum absolute atomic E-state index is 0.161. The zero-order valence-electron chi connectivity index (χ0n) is 12.5. The molecule has 0 fully saturated rings. The molecule has 2 aromatic rings. The summed E-state index contributed by atoms with van der Waals surface area (Å²) < 4.78 is 11.8. The first-order chi connectivity index (χ1) is 10.1. The Balaban J connectivity index is 2.10. The third kappa shape index (κ3) is 4.22. The van der Waals surface area contributed by atoms with Gasteiger partial charge in [-0.15, -0.1) is 0 Å². The SMILES string of the molecule is COc1ccc(OC)c(C(C)NCc2cccc(Br)c2)c1. The molecule has 2 aromatic carbocycles. The average molecular weight is 350 g/mol. The highest BCUT2D eigenvalue weighted by Crippen LogP contribution is 2.29. The zero-order chi connectivity index (χ0) is 15.2. The Morgan fingerprint density at radius 2 is 1.90 bits per heavy atom. The van der Waals surface area contributed by atoms with E-state index >= 15 is 0 Å². The van der Waals surface area contributed by atoms with Crippen molar-refractivity contribution in [3.8, 4) is 11.5 Å². The van der Waals surface area contributed by atoms with Crippen LogP contribution in [0.5, 0.6) is 11.5 Å². The van der Waals surface area contributed by atoms with Crippen LogP contribution < -0.4 is 14.8 Å². The number of benzene rings is 2. The Labute approximate surface area is 134 Å². The van der Waals surface area contributed by atoms with Crippen LogP contribution >= 0.6 is 15.9 Å². The van der Waals surface area contributed by atoms with Crippen molar-refractivity contribution in [1.29, 1.82) is 0 Å². The van der Waals surface area contributed by atoms with Crippen molar-refractivity contribution in [3.05, 3.63) is 58.1 Å². The van der Waals surface area contributed by atoms with Crippen molar-refractivity contribution in [2.45, 2.75) is 19.5 Å². The Bertz CT molecular complexity index is 601. The zero-order valence-corrected chi connectivity index (χ0v) is 14.1. The fourth-order valence-corrected chi connectivity index (χ4v) is 2.65. The van der Waals surface area contributed by atoms with Gasteiger partial charge in [-0.2, -0.15) is 0 Å². The van der Waals surface area contributed by atoms with Gasteiger partial charge in [-0.25, -0.2) is 0 Å². The maximum absolute atomic E-state index is 5.43. The minimum Gasteiger partial charge on any atom is -0.497 e. The van der Waals surface area contributed by atoms with E-state index < -0.39 is 0 Å². The Kier molecular flexibility index (Phi) is 5.65. The quantitative estimate of drug-likeness (QED) is 0.842. The lowest BCUT2D eigenvalue weighted by Gasteiger charge is -2.18. The number of hydrogen-bond acceptors (Lipinski definition) is 3. The first-order valence-electron chi connectivity index (χ1n) is 6.83. The lowest BCUT2D eigenvalue weighted by atomic mass is 10.1. The molecule has 3 nitrogen and oxygen atoms in total. The van der Waals surface area contributed by atoms with Crippen LogP contribution in [-0.2, 0) is 6.54 Å². The summed E-state index contributed by atoms with van der Waals surface area (Å²) in [6.45, 7) is 2.91. The second-order valence-electron chi connectivity index (χ2n) is 4.84. The topological polar surface area (TPSA) is 30.5 Å². The second-order valence-corrected chi connectivity index (χ2v) is 5.76. The van der Waals surface area contributed by atoms with Gasteiger partial charge < -0.3 is 14.8 Å². The van der Waals surface area contributed by atoms with Crippen LogP contribution in [0.25, 0.3) is 0 Å². The molecule has 0 spiro atoms. The molecule has 0 aromatic heterocycles. The van der Waals surface area contributed by atoms with Crippen LogP contribution in [0.2, 0.25) is 0 Å². The van der Waals surface area contributed by atoms with E-state index in [9.17, 15) is 0 Å². The van der Waals surface area contributed by atoms with Gasteiger partial charge in [-0.05, 0) is 42.8 Å². The predicted octanol–water partition coefficient (Wildman–Crippen LogP) is 4.32. The second kappa shape index (κ2) is 7.48. The van der Waals surface area contributed by atoms with E-state index in [-0.39, 0.29) is 6.04 Å². The summed E-state index contributed by atoms with van der Waals surface area (Å²) in [5.41, 5.74) is 2.32. The number of hydrogen-bond donors (Lipinski definition) is 1. The third-order valence-electron chi connectivity index (χ3n) is 3.40. The molecular weight excluding hydrogens is 330 g/mol. The van der Waals surface area contributed by atoms with Gasteiger partial charge in [-0.3, -0.25) is 0 Å². The summed E-state index contributed by atoms with van der Waals surface area (Å²) in [7, 11) is 3.36. The Hall–Kier alpha value is -1.52. The molecule has 112 valence electrons. The normalized spacial score (nSPS) is 12.0. The molecule has 0 radical (unpaired) electrons. The molecule has 0 saturated heterocycles. The minimum atomic E-state index is 0.161. The summed E-state index contributed by atoms with van der Waals surface area (Å²) in [4.78, 5) is 0. The Morgan fingerprint density at radius 1 is 1.10 bits per heavy atom. The molecule has 0 aliphatic rings. The van der Waals surface area contributed by atoms with Crippen LogP contribution in [0.3, 0.4) is 0 Å². The van der Waals surface area contributed by atoms with Crippen molar-refractivity contribution >= 4 is 15.9 Å². The van der Waals surface area contributed by atoms with Gasteiger partial charge >= 0.3 is 0 Å². The van der Waals surface area contributed by atoms with Crippen LogP contribution in [0.1, 0.15) is 24.1 Å². The first-order valence-corrected chi connectivity index (χ1v) is 7.63. The van der Waals surface area contributed by atoms with Gasteiger partial charge in [0.05, 0.1) is 14.2 Å². The predicted molar refractivity (Wildman–Crippen MR) is 88.9 cm³/mol. The number of ether oxygens (including phenoxy) is 2. The summed E-state index contributed by atoms with van der Waals surface area (Å²) in [6.07, 6.45) is 0. The smallest absolute Gasteiger partial charge is 0.123 e. The summed E-state index contributed by atoms with van der Waals surface area (Å²) in [5, 5.41) is 3.51. The van der Waals surface area contributed by atoms with Crippen molar-refractivity contribution < 1.29 is 9.47 Å². The van der Waals surface area contributed by atoms with E-state index in [0.717, 1.165) is 28.1 Å². The summed E-state index contributed by atoms with van der Waals surface area (Å²) >= 11 is 3.49. The number of methoxy groups -OCH3 is 2. The highest BCUT2D eigenvalue weighted by molar-refractivity contribution is 9.10. The number of halogens is 1. The molecule has 0 heterocycles. The van der Waals surface area contributed by atoms with Gasteiger partial charge in [0.25, 0.3) is 0 Å². The highest BCUT2D eigenvalue weighted by atomic mass is 79.9. The van der Waals surface area contributed by atoms with Gasteiger partial charge in [-0.1, -0.05) is 28.1 Å². The summed E-state index contributed by atoms with van der Waals surface area (Å²) in [5.74, 6) is 1.70. The molecule has 2 rings (SSSR count). The monoisotopic (exact) mass is 349 g/mol. The molecule has 0 amide bonds. The molecule has 21 heavy (non-hydrogen) atoms. The van der Waals surface area contributed by atoms with E-state index in [1.165, 1.54) is 5.56 Å². The molecule has 0 bridgehead atoms. The molecule has 0 aliphatic carbocycles. The largest absolute Gasteiger partial charge is 0.497 e. The molecule has 1 atom stereocenters.